The van der Waals surface area contributed by atoms with Gasteiger partial charge in [0.1, 0.15) is 11.9 Å². The van der Waals surface area contributed by atoms with Crippen molar-refractivity contribution in [1.82, 2.24) is 0 Å². The number of allylic oxidation sites excluding steroid dienone is 1. The van der Waals surface area contributed by atoms with E-state index < -0.39 is 42.9 Å². The maximum atomic E-state index is 14.5. The molecule has 7 aliphatic rings. The van der Waals surface area contributed by atoms with Crippen LogP contribution in [0.5, 0.6) is 0 Å². The Bertz CT molecular complexity index is 1800. The third kappa shape index (κ3) is 13.8. The fraction of sp³-hybridized carbons (Fsp3) is 0.879. The lowest BCUT2D eigenvalue weighted by Gasteiger charge is -2.47. The zero-order valence-electron chi connectivity index (χ0n) is 47.5. The lowest BCUT2D eigenvalue weighted by molar-refractivity contribution is -0.256. The van der Waals surface area contributed by atoms with E-state index in [1.165, 1.54) is 0 Å². The summed E-state index contributed by atoms with van der Waals surface area (Å²) >= 11 is 0. The van der Waals surface area contributed by atoms with Gasteiger partial charge in [0.2, 0.25) is 0 Å². The van der Waals surface area contributed by atoms with Crippen LogP contribution < -0.4 is 0 Å². The number of ketones is 1. The average molecular weight is 1080 g/mol. The van der Waals surface area contributed by atoms with Gasteiger partial charge in [0.25, 0.3) is 0 Å². The van der Waals surface area contributed by atoms with E-state index in [9.17, 15) is 9.90 Å². The monoisotopic (exact) mass is 1070 g/mol. The fourth-order valence-electron chi connectivity index (χ4n) is 14.2. The fourth-order valence-corrected chi connectivity index (χ4v) is 22.6. The van der Waals surface area contributed by atoms with Crippen molar-refractivity contribution in [3.63, 3.8) is 0 Å². The molecule has 1 N–H and O–H groups in total. The summed E-state index contributed by atoms with van der Waals surface area (Å²) in [5.41, 5.74) is 2.22. The summed E-state index contributed by atoms with van der Waals surface area (Å²) in [5, 5.41) is 11.6. The largest absolute Gasteiger partial charge is 0.414 e. The van der Waals surface area contributed by atoms with Gasteiger partial charge in [-0.25, -0.2) is 0 Å². The molecular formula is C58H102O12Si3. The molecule has 10 unspecified atom stereocenters. The number of hydrogen-bond donors (Lipinski definition) is 1. The Morgan fingerprint density at radius 1 is 0.712 bits per heavy atom. The molecule has 17 atom stereocenters. The number of carbonyl (C=O) groups is 1. The van der Waals surface area contributed by atoms with E-state index in [4.69, 9.17) is 46.4 Å². The summed E-state index contributed by atoms with van der Waals surface area (Å²) in [6.45, 7) is 32.5. The van der Waals surface area contributed by atoms with Crippen LogP contribution in [0.3, 0.4) is 0 Å². The number of rotatable bonds is 19. The molecule has 15 heteroatoms. The van der Waals surface area contributed by atoms with Gasteiger partial charge in [-0.3, -0.25) is 4.79 Å². The van der Waals surface area contributed by atoms with Crippen LogP contribution in [0.2, 0.25) is 54.4 Å². The molecule has 12 nitrogen and oxygen atoms in total. The van der Waals surface area contributed by atoms with E-state index in [1.807, 2.05) is 6.08 Å². The van der Waals surface area contributed by atoms with E-state index >= 15 is 0 Å². The SMILES string of the molecule is C=C1C(C)CC2CC[C@@H]3OC(CC[C@]45C[C@@H](O)C(O4)[C@H]4CC(O5)C(O[Si](CC)(CC)CC)[C@H](C/C=C/CC(=O)CC5C(CC1O2)O[C@H](CC(CO[Si](CC)(CC)CC)O[Si](CC)(CC)CC)[C@@H]5OC)O4)CC3=C. The Hall–Kier alpha value is -0.899. The van der Waals surface area contributed by atoms with E-state index in [0.717, 1.165) is 97.6 Å². The highest BCUT2D eigenvalue weighted by Crippen LogP contribution is 2.49. The molecule has 0 aromatic rings. The maximum absolute atomic E-state index is 14.5. The summed E-state index contributed by atoms with van der Waals surface area (Å²) in [5.74, 6) is -0.729. The minimum absolute atomic E-state index is 0.0136. The van der Waals surface area contributed by atoms with E-state index in [1.54, 1.807) is 7.11 Å². The molecule has 0 aliphatic carbocycles. The molecule has 0 amide bonds. The first kappa shape index (κ1) is 59.8. The molecule has 6 saturated heterocycles. The zero-order chi connectivity index (χ0) is 52.7. The topological polar surface area (TPSA) is 130 Å². The Balaban J connectivity index is 1.19. The number of hydrogen-bond acceptors (Lipinski definition) is 12. The first-order valence-electron chi connectivity index (χ1n) is 29.7. The van der Waals surface area contributed by atoms with Crippen molar-refractivity contribution in [2.75, 3.05) is 13.7 Å². The molecule has 9 bridgehead atoms. The van der Waals surface area contributed by atoms with Crippen molar-refractivity contribution in [3.8, 4) is 0 Å². The maximum Gasteiger partial charge on any atom is 0.192 e. The lowest BCUT2D eigenvalue weighted by atomic mass is 9.81. The van der Waals surface area contributed by atoms with Crippen molar-refractivity contribution < 1.29 is 56.3 Å². The van der Waals surface area contributed by atoms with E-state index in [-0.39, 0.29) is 97.3 Å². The molecule has 7 rings (SSSR count). The quantitative estimate of drug-likeness (QED) is 0.0976. The predicted octanol–water partition coefficient (Wildman–Crippen LogP) is 12.3. The van der Waals surface area contributed by atoms with Gasteiger partial charge >= 0.3 is 0 Å². The van der Waals surface area contributed by atoms with Crippen LogP contribution in [0.15, 0.2) is 36.5 Å². The summed E-state index contributed by atoms with van der Waals surface area (Å²) in [6, 6.07) is 9.41. The molecular weight excluding hydrogens is 973 g/mol. The third-order valence-corrected chi connectivity index (χ3v) is 33.8. The van der Waals surface area contributed by atoms with Gasteiger partial charge in [0, 0.05) is 58.0 Å². The van der Waals surface area contributed by atoms with Crippen molar-refractivity contribution in [3.05, 3.63) is 36.5 Å². The van der Waals surface area contributed by atoms with Crippen LogP contribution in [-0.2, 0) is 51.2 Å². The van der Waals surface area contributed by atoms with Crippen LogP contribution in [-0.4, -0.2) is 141 Å². The standard InChI is InChI=1S/C58H102O12Si3/c1-14-71(15-2,16-3)62-38-45(69-72(17-4,18-5)19-6)34-52-55(61-13)46-33-42(59)25-23-24-26-49-57(70-73(20-7,21-8)22-9)54-36-53(65-49)56-47(60)37-58(67-54,68-56)30-29-44-32-40(11)48(63-44)28-27-43-31-39(10)41(12)50(64-43)35-51(46)66-52/h23-24,39,43-57,60H,11-12,14-22,25-38H2,1-10,13H3/b24-23+/t39?,43?,44?,45?,46?,47-,48+,49+,50?,51?,52-,53-,54?,55-,56?,57?,58-/m1/s1. The lowest BCUT2D eigenvalue weighted by Crippen LogP contribution is -2.58. The number of aliphatic hydroxyl groups excluding tert-OH is 1. The normalized spacial score (nSPS) is 38.8. The number of fused-ring (bicyclic) bond motifs is 9. The Morgan fingerprint density at radius 3 is 2.04 bits per heavy atom. The second-order valence-corrected chi connectivity index (χ2v) is 37.8. The Labute approximate surface area is 445 Å². The third-order valence-electron chi connectivity index (χ3n) is 19.8. The van der Waals surface area contributed by atoms with Gasteiger partial charge in [-0.15, -0.1) is 0 Å². The first-order chi connectivity index (χ1) is 35.0. The number of carbonyl (C=O) groups excluding carboxylic acids is 1. The average Bonchev–Trinajstić information content (AvgIpc) is 4.01. The van der Waals surface area contributed by atoms with Gasteiger partial charge in [-0.2, -0.15) is 0 Å². The summed E-state index contributed by atoms with van der Waals surface area (Å²) in [6.07, 6.45) is 8.55. The second kappa shape index (κ2) is 26.4. The predicted molar refractivity (Wildman–Crippen MR) is 296 cm³/mol. The number of ether oxygens (including phenoxy) is 7. The Morgan fingerprint density at radius 2 is 1.38 bits per heavy atom. The van der Waals surface area contributed by atoms with Crippen LogP contribution in [0, 0.1) is 11.8 Å². The Kier molecular flexibility index (Phi) is 21.6. The van der Waals surface area contributed by atoms with E-state index in [0.29, 0.717) is 51.6 Å². The van der Waals surface area contributed by atoms with Crippen molar-refractivity contribution in [2.24, 2.45) is 11.8 Å². The van der Waals surface area contributed by atoms with E-state index in [2.05, 4.69) is 88.5 Å². The molecule has 0 saturated carbocycles. The smallest absolute Gasteiger partial charge is 0.192 e. The minimum atomic E-state index is -2.12. The number of methoxy groups -OCH3 is 1. The van der Waals surface area contributed by atoms with Gasteiger partial charge in [0.15, 0.2) is 30.7 Å². The first-order valence-corrected chi connectivity index (χ1v) is 37.3. The molecule has 6 fully saturated rings. The number of aliphatic hydroxyl groups is 1. The van der Waals surface area contributed by atoms with Gasteiger partial charge in [0.05, 0.1) is 86.0 Å². The number of Topliss-reactive ketones (excluding diaryl/α,β-unsaturated/α-hetero) is 1. The molecule has 7 heterocycles. The van der Waals surface area contributed by atoms with Gasteiger partial charge < -0.3 is 51.5 Å². The van der Waals surface area contributed by atoms with Crippen LogP contribution in [0.4, 0.5) is 0 Å². The summed E-state index contributed by atoms with van der Waals surface area (Å²) < 4.78 is 70.4. The van der Waals surface area contributed by atoms with Crippen LogP contribution in [0.25, 0.3) is 0 Å². The highest BCUT2D eigenvalue weighted by molar-refractivity contribution is 6.74. The van der Waals surface area contributed by atoms with Crippen LogP contribution >= 0.6 is 0 Å². The molecule has 0 aromatic carbocycles. The minimum Gasteiger partial charge on any atom is -0.414 e. The highest BCUT2D eigenvalue weighted by atomic mass is 28.4. The van der Waals surface area contributed by atoms with Crippen LogP contribution in [0.1, 0.15) is 153 Å². The van der Waals surface area contributed by atoms with Gasteiger partial charge in [-0.05, 0) is 110 Å². The van der Waals surface area contributed by atoms with Crippen molar-refractivity contribution in [1.29, 1.82) is 0 Å². The van der Waals surface area contributed by atoms with Crippen molar-refractivity contribution >= 4 is 30.7 Å². The second-order valence-electron chi connectivity index (χ2n) is 23.6. The molecule has 418 valence electrons. The highest BCUT2D eigenvalue weighted by Gasteiger charge is 2.59. The molecule has 1 spiro atoms. The summed E-state index contributed by atoms with van der Waals surface area (Å²) in [4.78, 5) is 14.5. The molecule has 0 aromatic heterocycles. The zero-order valence-corrected chi connectivity index (χ0v) is 50.5. The molecule has 7 aliphatic heterocycles. The van der Waals surface area contributed by atoms with Crippen molar-refractivity contribution in [2.45, 2.75) is 298 Å². The molecule has 0 radical (unpaired) electrons. The summed E-state index contributed by atoms with van der Waals surface area (Å²) in [7, 11) is -4.29. The molecule has 73 heavy (non-hydrogen) atoms. The van der Waals surface area contributed by atoms with Gasteiger partial charge in [-0.1, -0.05) is 94.5 Å².